The molecule has 1 heterocycles. The van der Waals surface area contributed by atoms with Crippen molar-refractivity contribution in [1.29, 1.82) is 0 Å². The Bertz CT molecular complexity index is 441. The number of unbranched alkanes of at least 4 members (excludes halogenated alkanes) is 1. The molecule has 0 saturated heterocycles. The van der Waals surface area contributed by atoms with Gasteiger partial charge in [-0.3, -0.25) is 0 Å². The molecule has 0 aliphatic heterocycles. The fourth-order valence-electron chi connectivity index (χ4n) is 1.98. The number of aryl methyl sites for hydroxylation is 1. The third-order valence-corrected chi connectivity index (χ3v) is 4.46. The Labute approximate surface area is 167 Å². The van der Waals surface area contributed by atoms with Gasteiger partial charge in [-0.15, -0.1) is 35.3 Å². The van der Waals surface area contributed by atoms with Gasteiger partial charge in [-0.05, 0) is 38.3 Å². The van der Waals surface area contributed by atoms with Crippen molar-refractivity contribution in [3.63, 3.8) is 0 Å². The molecule has 0 spiro atoms. The highest BCUT2D eigenvalue weighted by Crippen LogP contribution is 2.17. The van der Waals surface area contributed by atoms with Crippen LogP contribution in [0.25, 0.3) is 0 Å². The molecule has 24 heavy (non-hydrogen) atoms. The summed E-state index contributed by atoms with van der Waals surface area (Å²) >= 11 is 1.84. The lowest BCUT2D eigenvalue weighted by Gasteiger charge is -2.11. The molecule has 0 amide bonds. The van der Waals surface area contributed by atoms with Crippen LogP contribution in [0.1, 0.15) is 36.4 Å². The molecule has 1 aromatic heterocycles. The lowest BCUT2D eigenvalue weighted by atomic mass is 10.3. The number of halogens is 1. The summed E-state index contributed by atoms with van der Waals surface area (Å²) in [6.07, 6.45) is 3.20. The van der Waals surface area contributed by atoms with Gasteiger partial charge >= 0.3 is 0 Å². The van der Waals surface area contributed by atoms with E-state index in [2.05, 4.69) is 41.6 Å². The van der Waals surface area contributed by atoms with Crippen LogP contribution in [-0.2, 0) is 22.4 Å². The predicted molar refractivity (Wildman–Crippen MR) is 114 cm³/mol. The molecule has 0 atom stereocenters. The largest absolute Gasteiger partial charge is 0.382 e. The third-order valence-electron chi connectivity index (χ3n) is 3.24. The maximum Gasteiger partial charge on any atom is 0.191 e. The normalized spacial score (nSPS) is 11.2. The number of ether oxygens (including phenoxy) is 2. The molecule has 2 N–H and O–H groups in total. The van der Waals surface area contributed by atoms with E-state index in [9.17, 15) is 0 Å². The average Bonchev–Trinajstić information content (AvgIpc) is 3.03. The Kier molecular flexibility index (Phi) is 15.9. The molecule has 0 aliphatic rings. The first-order chi connectivity index (χ1) is 11.3. The average molecular weight is 469 g/mol. The monoisotopic (exact) mass is 469 g/mol. The van der Waals surface area contributed by atoms with Crippen LogP contribution in [0.2, 0.25) is 0 Å². The van der Waals surface area contributed by atoms with Crippen LogP contribution in [0.5, 0.6) is 0 Å². The Morgan fingerprint density at radius 3 is 2.54 bits per heavy atom. The minimum atomic E-state index is 0. The minimum absolute atomic E-state index is 0. The fraction of sp³-hybridized carbons (Fsp3) is 0.706. The van der Waals surface area contributed by atoms with Crippen LogP contribution in [0, 0.1) is 0 Å². The first-order valence-electron chi connectivity index (χ1n) is 8.46. The molecule has 7 heteroatoms. The van der Waals surface area contributed by atoms with Crippen LogP contribution < -0.4 is 10.6 Å². The highest BCUT2D eigenvalue weighted by atomic mass is 127. The maximum atomic E-state index is 5.45. The first kappa shape index (κ1) is 23.6. The van der Waals surface area contributed by atoms with Crippen molar-refractivity contribution in [3.05, 3.63) is 21.9 Å². The van der Waals surface area contributed by atoms with Gasteiger partial charge in [0.05, 0.1) is 19.8 Å². The van der Waals surface area contributed by atoms with E-state index in [1.807, 2.05) is 11.3 Å². The smallest absolute Gasteiger partial charge is 0.191 e. The zero-order chi connectivity index (χ0) is 16.8. The Hall–Kier alpha value is -0.380. The lowest BCUT2D eigenvalue weighted by Crippen LogP contribution is -2.37. The number of aliphatic imine (C=N–C) groups is 1. The molecule has 0 bridgehead atoms. The number of nitrogens with one attached hydrogen (secondary N) is 2. The number of guanidine groups is 1. The van der Waals surface area contributed by atoms with E-state index in [-0.39, 0.29) is 24.0 Å². The molecule has 0 unspecified atom stereocenters. The molecule has 0 aliphatic carbocycles. The minimum Gasteiger partial charge on any atom is -0.382 e. The van der Waals surface area contributed by atoms with E-state index in [0.29, 0.717) is 13.2 Å². The molecule has 0 radical (unpaired) electrons. The fourth-order valence-corrected chi connectivity index (χ4v) is 2.86. The standard InChI is InChI=1S/C17H31N3O2S.HI/c1-4-15-8-9-16(23-15)14-20-17(18-5-2)19-10-6-7-11-22-13-12-21-3;/h8-9H,4-7,10-14H2,1-3H3,(H2,18,19,20);1H. The van der Waals surface area contributed by atoms with Gasteiger partial charge < -0.3 is 20.1 Å². The first-order valence-corrected chi connectivity index (χ1v) is 9.28. The second-order valence-electron chi connectivity index (χ2n) is 5.16. The van der Waals surface area contributed by atoms with Gasteiger partial charge in [-0.25, -0.2) is 4.99 Å². The summed E-state index contributed by atoms with van der Waals surface area (Å²) in [4.78, 5) is 7.38. The second kappa shape index (κ2) is 16.1. The zero-order valence-electron chi connectivity index (χ0n) is 15.1. The van der Waals surface area contributed by atoms with Crippen LogP contribution >= 0.6 is 35.3 Å². The van der Waals surface area contributed by atoms with Crippen molar-refractivity contribution >= 4 is 41.3 Å². The molecule has 0 fully saturated rings. The van der Waals surface area contributed by atoms with Gasteiger partial charge in [0, 0.05) is 36.6 Å². The van der Waals surface area contributed by atoms with Crippen molar-refractivity contribution in [3.8, 4) is 0 Å². The van der Waals surface area contributed by atoms with E-state index in [1.165, 1.54) is 9.75 Å². The van der Waals surface area contributed by atoms with Crippen molar-refractivity contribution < 1.29 is 9.47 Å². The summed E-state index contributed by atoms with van der Waals surface area (Å²) in [6, 6.07) is 4.37. The highest BCUT2D eigenvalue weighted by molar-refractivity contribution is 14.0. The lowest BCUT2D eigenvalue weighted by molar-refractivity contribution is 0.0689. The molecule has 1 aromatic rings. The van der Waals surface area contributed by atoms with Gasteiger partial charge in [-0.1, -0.05) is 6.92 Å². The highest BCUT2D eigenvalue weighted by Gasteiger charge is 2.00. The summed E-state index contributed by atoms with van der Waals surface area (Å²) in [5.41, 5.74) is 0. The van der Waals surface area contributed by atoms with Gasteiger partial charge in [-0.2, -0.15) is 0 Å². The van der Waals surface area contributed by atoms with E-state index in [1.54, 1.807) is 7.11 Å². The van der Waals surface area contributed by atoms with Gasteiger partial charge in [0.25, 0.3) is 0 Å². The van der Waals surface area contributed by atoms with Crippen LogP contribution in [0.3, 0.4) is 0 Å². The van der Waals surface area contributed by atoms with Crippen molar-refractivity contribution in [2.45, 2.75) is 39.7 Å². The maximum absolute atomic E-state index is 5.45. The van der Waals surface area contributed by atoms with Crippen molar-refractivity contribution in [2.24, 2.45) is 4.99 Å². The number of thiophene rings is 1. The summed E-state index contributed by atoms with van der Waals surface area (Å²) in [5, 5.41) is 6.67. The van der Waals surface area contributed by atoms with E-state index >= 15 is 0 Å². The second-order valence-corrected chi connectivity index (χ2v) is 6.41. The number of hydrogen-bond donors (Lipinski definition) is 2. The summed E-state index contributed by atoms with van der Waals surface area (Å²) in [5.74, 6) is 0.888. The van der Waals surface area contributed by atoms with Crippen LogP contribution in [0.4, 0.5) is 0 Å². The summed E-state index contributed by atoms with van der Waals surface area (Å²) in [6.45, 7) is 8.91. The number of methoxy groups -OCH3 is 1. The zero-order valence-corrected chi connectivity index (χ0v) is 18.2. The van der Waals surface area contributed by atoms with Gasteiger partial charge in [0.2, 0.25) is 0 Å². The quantitative estimate of drug-likeness (QED) is 0.213. The molecule has 5 nitrogen and oxygen atoms in total. The molecule has 140 valence electrons. The summed E-state index contributed by atoms with van der Waals surface area (Å²) in [7, 11) is 1.69. The molecular weight excluding hydrogens is 437 g/mol. The number of hydrogen-bond acceptors (Lipinski definition) is 4. The third kappa shape index (κ3) is 11.2. The van der Waals surface area contributed by atoms with E-state index < -0.39 is 0 Å². The van der Waals surface area contributed by atoms with E-state index in [4.69, 9.17) is 9.47 Å². The topological polar surface area (TPSA) is 54.9 Å². The van der Waals surface area contributed by atoms with Gasteiger partial charge in [0.1, 0.15) is 0 Å². The number of rotatable bonds is 12. The van der Waals surface area contributed by atoms with Crippen LogP contribution in [0.15, 0.2) is 17.1 Å². The molecule has 1 rings (SSSR count). The Morgan fingerprint density at radius 2 is 1.88 bits per heavy atom. The SMILES string of the molecule is CCNC(=NCc1ccc(CC)s1)NCCCCOCCOC.I. The van der Waals surface area contributed by atoms with Crippen molar-refractivity contribution in [2.75, 3.05) is 40.0 Å². The Morgan fingerprint density at radius 1 is 1.08 bits per heavy atom. The Balaban J connectivity index is 0.00000529. The van der Waals surface area contributed by atoms with E-state index in [0.717, 1.165) is 51.5 Å². The molecule has 0 saturated carbocycles. The van der Waals surface area contributed by atoms with Crippen LogP contribution in [-0.4, -0.2) is 46.0 Å². The summed E-state index contributed by atoms with van der Waals surface area (Å²) < 4.78 is 10.4. The number of nitrogens with zero attached hydrogens (tertiary/aromatic N) is 1. The van der Waals surface area contributed by atoms with Crippen molar-refractivity contribution in [1.82, 2.24) is 10.6 Å². The van der Waals surface area contributed by atoms with Gasteiger partial charge in [0.15, 0.2) is 5.96 Å². The molecule has 0 aromatic carbocycles. The molecular formula is C17H32IN3O2S. The predicted octanol–water partition coefficient (Wildman–Crippen LogP) is 3.43.